The van der Waals surface area contributed by atoms with Crippen LogP contribution >= 0.6 is 11.6 Å². The van der Waals surface area contributed by atoms with Crippen molar-refractivity contribution in [1.29, 1.82) is 0 Å². The summed E-state index contributed by atoms with van der Waals surface area (Å²) < 4.78 is 26.1. The van der Waals surface area contributed by atoms with Gasteiger partial charge in [0.25, 0.3) is 10.0 Å². The first-order chi connectivity index (χ1) is 10.8. The number of rotatable bonds is 6. The van der Waals surface area contributed by atoms with Gasteiger partial charge >= 0.3 is 0 Å². The molecule has 5 nitrogen and oxygen atoms in total. The van der Waals surface area contributed by atoms with E-state index in [4.69, 9.17) is 16.4 Å². The number of hydrogen-bond acceptors (Lipinski definition) is 4. The second kappa shape index (κ2) is 7.23. The Kier molecular flexibility index (Phi) is 5.54. The minimum atomic E-state index is -3.79. The third-order valence-corrected chi connectivity index (χ3v) is 5.08. The minimum absolute atomic E-state index is 0.0555. The fourth-order valence-corrected chi connectivity index (χ4v) is 3.32. The quantitative estimate of drug-likeness (QED) is 0.591. The van der Waals surface area contributed by atoms with Crippen LogP contribution in [0.4, 0.5) is 0 Å². The van der Waals surface area contributed by atoms with Gasteiger partial charge in [-0.1, -0.05) is 46.4 Å². The van der Waals surface area contributed by atoms with Gasteiger partial charge in [0.15, 0.2) is 0 Å². The van der Waals surface area contributed by atoms with E-state index in [0.29, 0.717) is 16.4 Å². The van der Waals surface area contributed by atoms with E-state index in [1.807, 2.05) is 6.92 Å². The third kappa shape index (κ3) is 4.17. The molecule has 0 saturated carbocycles. The minimum Gasteiger partial charge on any atom is -0.287 e. The molecule has 0 aliphatic heterocycles. The van der Waals surface area contributed by atoms with Gasteiger partial charge in [-0.15, -0.1) is 0 Å². The standard InChI is InChI=1S/C16H17ClN2O3S/c1-12-7-9-14(10-8-12)23(20,21)19(22-3)11-13(2)15-5-4-6-16(17)18-15/h4-10H,2,11H2,1,3H3. The predicted octanol–water partition coefficient (Wildman–Crippen LogP) is 3.31. The average molecular weight is 353 g/mol. The number of benzene rings is 1. The maximum Gasteiger partial charge on any atom is 0.265 e. The SMILES string of the molecule is C=C(CN(OC)S(=O)(=O)c1ccc(C)cc1)c1cccc(Cl)n1. The van der Waals surface area contributed by atoms with Crippen LogP contribution in [0.25, 0.3) is 5.57 Å². The third-order valence-electron chi connectivity index (χ3n) is 3.19. The lowest BCUT2D eigenvalue weighted by atomic mass is 10.2. The van der Waals surface area contributed by atoms with Gasteiger partial charge in [0.05, 0.1) is 24.2 Å². The number of hydroxylamine groups is 1. The maximum atomic E-state index is 12.6. The van der Waals surface area contributed by atoms with E-state index in [0.717, 1.165) is 10.0 Å². The number of pyridine rings is 1. The van der Waals surface area contributed by atoms with E-state index in [9.17, 15) is 8.42 Å². The molecular formula is C16H17ClN2O3S. The monoisotopic (exact) mass is 352 g/mol. The van der Waals surface area contributed by atoms with Crippen molar-refractivity contribution < 1.29 is 13.3 Å². The normalized spacial score (nSPS) is 11.7. The van der Waals surface area contributed by atoms with Gasteiger partial charge in [-0.3, -0.25) is 4.84 Å². The van der Waals surface area contributed by atoms with Gasteiger partial charge < -0.3 is 0 Å². The van der Waals surface area contributed by atoms with Crippen molar-refractivity contribution in [3.05, 3.63) is 65.5 Å². The number of halogens is 1. The molecule has 0 aliphatic carbocycles. The highest BCUT2D eigenvalue weighted by Crippen LogP contribution is 2.21. The second-order valence-electron chi connectivity index (χ2n) is 4.91. The molecule has 7 heteroatoms. The Labute approximate surface area is 141 Å². The van der Waals surface area contributed by atoms with Crippen molar-refractivity contribution >= 4 is 27.2 Å². The summed E-state index contributed by atoms with van der Waals surface area (Å²) in [6.45, 7) is 5.70. The van der Waals surface area contributed by atoms with Crippen LogP contribution in [-0.4, -0.2) is 31.5 Å². The molecular weight excluding hydrogens is 336 g/mol. The smallest absolute Gasteiger partial charge is 0.265 e. The molecule has 2 rings (SSSR count). The summed E-state index contributed by atoms with van der Waals surface area (Å²) in [5, 5.41) is 0.314. The zero-order valence-corrected chi connectivity index (χ0v) is 14.4. The van der Waals surface area contributed by atoms with E-state index >= 15 is 0 Å². The molecule has 0 amide bonds. The molecule has 122 valence electrons. The van der Waals surface area contributed by atoms with E-state index in [-0.39, 0.29) is 11.4 Å². The number of hydrogen-bond donors (Lipinski definition) is 0. The van der Waals surface area contributed by atoms with Crippen LogP contribution in [0.3, 0.4) is 0 Å². The molecule has 0 N–H and O–H groups in total. The fourth-order valence-electron chi connectivity index (χ4n) is 1.92. The summed E-state index contributed by atoms with van der Waals surface area (Å²) in [5.74, 6) is 0. The fraction of sp³-hybridized carbons (Fsp3) is 0.188. The highest BCUT2D eigenvalue weighted by molar-refractivity contribution is 7.89. The number of nitrogens with zero attached hydrogens (tertiary/aromatic N) is 2. The molecule has 1 heterocycles. The summed E-state index contributed by atoms with van der Waals surface area (Å²) in [4.78, 5) is 9.31. The first-order valence-electron chi connectivity index (χ1n) is 6.79. The lowest BCUT2D eigenvalue weighted by Gasteiger charge is -2.20. The molecule has 2 aromatic rings. The lowest BCUT2D eigenvalue weighted by Crippen LogP contribution is -2.31. The Morgan fingerprint density at radius 3 is 2.48 bits per heavy atom. The molecule has 0 unspecified atom stereocenters. The Morgan fingerprint density at radius 1 is 1.26 bits per heavy atom. The summed E-state index contributed by atoms with van der Waals surface area (Å²) in [5.41, 5.74) is 1.96. The van der Waals surface area contributed by atoms with Crippen molar-refractivity contribution in [2.75, 3.05) is 13.7 Å². The van der Waals surface area contributed by atoms with E-state index < -0.39 is 10.0 Å². The van der Waals surface area contributed by atoms with Gasteiger partial charge in [-0.2, -0.15) is 0 Å². The molecule has 23 heavy (non-hydrogen) atoms. The van der Waals surface area contributed by atoms with Crippen LogP contribution in [0.1, 0.15) is 11.3 Å². The Bertz CT molecular complexity index is 804. The Hall–Kier alpha value is -1.73. The van der Waals surface area contributed by atoms with Crippen LogP contribution in [0.5, 0.6) is 0 Å². The summed E-state index contributed by atoms with van der Waals surface area (Å²) in [6, 6.07) is 11.6. The van der Waals surface area contributed by atoms with Gasteiger partial charge in [0.1, 0.15) is 5.15 Å². The summed E-state index contributed by atoms with van der Waals surface area (Å²) >= 11 is 5.84. The molecule has 1 aromatic heterocycles. The molecule has 0 spiro atoms. The summed E-state index contributed by atoms with van der Waals surface area (Å²) in [6.07, 6.45) is 0. The number of sulfonamides is 1. The van der Waals surface area contributed by atoms with Crippen LogP contribution in [0.2, 0.25) is 5.15 Å². The predicted molar refractivity (Wildman–Crippen MR) is 90.4 cm³/mol. The van der Waals surface area contributed by atoms with E-state index in [1.54, 1.807) is 30.3 Å². The molecule has 0 aliphatic rings. The van der Waals surface area contributed by atoms with Gasteiger partial charge in [0, 0.05) is 0 Å². The zero-order valence-electron chi connectivity index (χ0n) is 12.9. The van der Waals surface area contributed by atoms with Gasteiger partial charge in [0.2, 0.25) is 0 Å². The Morgan fingerprint density at radius 2 is 1.91 bits per heavy atom. The first-order valence-corrected chi connectivity index (χ1v) is 8.60. The molecule has 0 atom stereocenters. The zero-order chi connectivity index (χ0) is 17.0. The molecule has 0 radical (unpaired) electrons. The van der Waals surface area contributed by atoms with Crippen molar-refractivity contribution in [3.8, 4) is 0 Å². The van der Waals surface area contributed by atoms with Crippen LogP contribution in [0, 0.1) is 6.92 Å². The van der Waals surface area contributed by atoms with Crippen molar-refractivity contribution in [3.63, 3.8) is 0 Å². The Balaban J connectivity index is 2.25. The average Bonchev–Trinajstić information content (AvgIpc) is 2.52. The summed E-state index contributed by atoms with van der Waals surface area (Å²) in [7, 11) is -2.50. The molecule has 0 fully saturated rings. The topological polar surface area (TPSA) is 59.5 Å². The highest BCUT2D eigenvalue weighted by Gasteiger charge is 2.25. The largest absolute Gasteiger partial charge is 0.287 e. The lowest BCUT2D eigenvalue weighted by molar-refractivity contribution is -0.0373. The molecule has 1 aromatic carbocycles. The second-order valence-corrected chi connectivity index (χ2v) is 7.13. The van der Waals surface area contributed by atoms with Gasteiger partial charge in [-0.25, -0.2) is 13.4 Å². The molecule has 0 saturated heterocycles. The van der Waals surface area contributed by atoms with Gasteiger partial charge in [-0.05, 0) is 36.8 Å². The van der Waals surface area contributed by atoms with Crippen molar-refractivity contribution in [2.45, 2.75) is 11.8 Å². The van der Waals surface area contributed by atoms with E-state index in [1.165, 1.54) is 19.2 Å². The van der Waals surface area contributed by atoms with Crippen LogP contribution < -0.4 is 0 Å². The van der Waals surface area contributed by atoms with Crippen LogP contribution in [-0.2, 0) is 14.9 Å². The molecule has 0 bridgehead atoms. The number of aromatic nitrogens is 1. The van der Waals surface area contributed by atoms with Crippen LogP contribution in [0.15, 0.2) is 53.9 Å². The highest BCUT2D eigenvalue weighted by atomic mass is 35.5. The maximum absolute atomic E-state index is 12.6. The van der Waals surface area contributed by atoms with Crippen molar-refractivity contribution in [1.82, 2.24) is 9.45 Å². The number of aryl methyl sites for hydroxylation is 1. The van der Waals surface area contributed by atoms with Crippen molar-refractivity contribution in [2.24, 2.45) is 0 Å². The van der Waals surface area contributed by atoms with E-state index in [2.05, 4.69) is 11.6 Å². The first kappa shape index (κ1) is 17.6.